The van der Waals surface area contributed by atoms with Crippen molar-refractivity contribution >= 4 is 16.7 Å². The van der Waals surface area contributed by atoms with Gasteiger partial charge in [0.2, 0.25) is 0 Å². The molecule has 0 amide bonds. The second-order valence-electron chi connectivity index (χ2n) is 6.19. The fourth-order valence-electron chi connectivity index (χ4n) is 3.12. The third-order valence-corrected chi connectivity index (χ3v) is 4.25. The molecule has 2 atom stereocenters. The Kier molecular flexibility index (Phi) is 4.10. The maximum absolute atomic E-state index is 5.49. The lowest BCUT2D eigenvalue weighted by molar-refractivity contribution is 0.0669. The van der Waals surface area contributed by atoms with Crippen LogP contribution in [0.25, 0.3) is 11.0 Å². The molecule has 5 heteroatoms. The Labute approximate surface area is 125 Å². The highest BCUT2D eigenvalue weighted by Gasteiger charge is 2.21. The van der Waals surface area contributed by atoms with E-state index < -0.39 is 0 Å². The molecule has 1 aliphatic carbocycles. The first-order chi connectivity index (χ1) is 10.2. The van der Waals surface area contributed by atoms with Gasteiger partial charge in [-0.1, -0.05) is 0 Å². The van der Waals surface area contributed by atoms with Crippen LogP contribution >= 0.6 is 0 Å². The van der Waals surface area contributed by atoms with E-state index in [0.717, 1.165) is 23.1 Å². The van der Waals surface area contributed by atoms with E-state index in [-0.39, 0.29) is 0 Å². The summed E-state index contributed by atoms with van der Waals surface area (Å²) in [6.07, 6.45) is 8.86. The largest absolute Gasteiger partial charge is 0.381 e. The summed E-state index contributed by atoms with van der Waals surface area (Å²) in [6.45, 7) is 4.24. The molecule has 2 unspecified atom stereocenters. The molecule has 2 aromatic rings. The van der Waals surface area contributed by atoms with Crippen LogP contribution in [0, 0.1) is 0 Å². The van der Waals surface area contributed by atoms with Gasteiger partial charge in [-0.25, -0.2) is 9.67 Å². The van der Waals surface area contributed by atoms with Crippen molar-refractivity contribution < 1.29 is 4.74 Å². The van der Waals surface area contributed by atoms with Crippen molar-refractivity contribution in [2.75, 3.05) is 12.4 Å². The van der Waals surface area contributed by atoms with E-state index in [2.05, 4.69) is 35.3 Å². The summed E-state index contributed by atoms with van der Waals surface area (Å²) in [4.78, 5) is 4.57. The van der Waals surface area contributed by atoms with Gasteiger partial charge in [0, 0.05) is 24.6 Å². The lowest BCUT2D eigenvalue weighted by Crippen LogP contribution is -2.31. The second kappa shape index (κ2) is 6.02. The van der Waals surface area contributed by atoms with Crippen LogP contribution in [0.2, 0.25) is 0 Å². The second-order valence-corrected chi connectivity index (χ2v) is 6.19. The molecule has 5 nitrogen and oxygen atoms in total. The van der Waals surface area contributed by atoms with Crippen molar-refractivity contribution in [2.45, 2.75) is 57.7 Å². The Balaban J connectivity index is 1.75. The Morgan fingerprint density at radius 2 is 2.19 bits per heavy atom. The Morgan fingerprint density at radius 3 is 2.95 bits per heavy atom. The maximum atomic E-state index is 5.49. The molecule has 0 aliphatic heterocycles. The van der Waals surface area contributed by atoms with E-state index >= 15 is 0 Å². The minimum absolute atomic E-state index is 0.328. The first kappa shape index (κ1) is 14.3. The predicted molar refractivity (Wildman–Crippen MR) is 84.6 cm³/mol. The average molecular weight is 288 g/mol. The zero-order valence-electron chi connectivity index (χ0n) is 13.0. The molecule has 114 valence electrons. The quantitative estimate of drug-likeness (QED) is 0.937. The van der Waals surface area contributed by atoms with E-state index in [0.29, 0.717) is 18.2 Å². The van der Waals surface area contributed by atoms with E-state index in [1.165, 1.54) is 19.3 Å². The summed E-state index contributed by atoms with van der Waals surface area (Å²) in [6, 6.07) is 2.95. The molecule has 0 radical (unpaired) electrons. The van der Waals surface area contributed by atoms with Gasteiger partial charge in [-0.3, -0.25) is 0 Å². The first-order valence-electron chi connectivity index (χ1n) is 7.80. The SMILES string of the molecule is COC1CCCC(Nc2cnc3c(cnn3C(C)C)c2)C1. The van der Waals surface area contributed by atoms with Crippen LogP contribution in [0.4, 0.5) is 5.69 Å². The zero-order chi connectivity index (χ0) is 14.8. The van der Waals surface area contributed by atoms with Crippen LogP contribution in [0.3, 0.4) is 0 Å². The molecule has 2 aromatic heterocycles. The molecular weight excluding hydrogens is 264 g/mol. The van der Waals surface area contributed by atoms with E-state index in [9.17, 15) is 0 Å². The summed E-state index contributed by atoms with van der Waals surface area (Å²) in [7, 11) is 1.81. The van der Waals surface area contributed by atoms with Crippen molar-refractivity contribution in [3.05, 3.63) is 18.5 Å². The van der Waals surface area contributed by atoms with Crippen molar-refractivity contribution in [3.8, 4) is 0 Å². The first-order valence-corrected chi connectivity index (χ1v) is 7.80. The van der Waals surface area contributed by atoms with Crippen LogP contribution in [-0.2, 0) is 4.74 Å². The number of nitrogens with one attached hydrogen (secondary N) is 1. The van der Waals surface area contributed by atoms with Gasteiger partial charge in [-0.05, 0) is 45.6 Å². The van der Waals surface area contributed by atoms with Crippen LogP contribution in [0.15, 0.2) is 18.5 Å². The molecule has 1 aliphatic rings. The number of ether oxygens (including phenoxy) is 1. The van der Waals surface area contributed by atoms with Crippen LogP contribution in [-0.4, -0.2) is 34.0 Å². The third kappa shape index (κ3) is 3.02. The molecular formula is C16H24N4O. The van der Waals surface area contributed by atoms with Crippen LogP contribution in [0.1, 0.15) is 45.6 Å². The molecule has 0 saturated heterocycles. The number of aromatic nitrogens is 3. The number of methoxy groups -OCH3 is 1. The fourth-order valence-corrected chi connectivity index (χ4v) is 3.12. The Bertz CT molecular complexity index is 607. The maximum Gasteiger partial charge on any atom is 0.158 e. The normalized spacial score (nSPS) is 22.9. The van der Waals surface area contributed by atoms with Crippen LogP contribution < -0.4 is 5.32 Å². The fraction of sp³-hybridized carbons (Fsp3) is 0.625. The highest BCUT2D eigenvalue weighted by Crippen LogP contribution is 2.25. The van der Waals surface area contributed by atoms with Gasteiger partial charge in [0.05, 0.1) is 24.2 Å². The van der Waals surface area contributed by atoms with Gasteiger partial charge < -0.3 is 10.1 Å². The van der Waals surface area contributed by atoms with Gasteiger partial charge in [-0.15, -0.1) is 0 Å². The summed E-state index contributed by atoms with van der Waals surface area (Å²) >= 11 is 0. The summed E-state index contributed by atoms with van der Waals surface area (Å²) in [5, 5.41) is 9.10. The summed E-state index contributed by atoms with van der Waals surface area (Å²) < 4.78 is 7.45. The number of fused-ring (bicyclic) bond motifs is 1. The number of hydrogen-bond donors (Lipinski definition) is 1. The minimum Gasteiger partial charge on any atom is -0.381 e. The van der Waals surface area contributed by atoms with Gasteiger partial charge in [-0.2, -0.15) is 5.10 Å². The van der Waals surface area contributed by atoms with Crippen molar-refractivity contribution in [1.82, 2.24) is 14.8 Å². The van der Waals surface area contributed by atoms with Crippen LogP contribution in [0.5, 0.6) is 0 Å². The van der Waals surface area contributed by atoms with Gasteiger partial charge in [0.15, 0.2) is 5.65 Å². The summed E-state index contributed by atoms with van der Waals surface area (Å²) in [5.41, 5.74) is 2.03. The standard InChI is InChI=1S/C16H24N4O/c1-11(2)20-16-12(9-18-20)7-14(10-17-16)19-13-5-4-6-15(8-13)21-3/h7,9-11,13,15,19H,4-6,8H2,1-3H3. The molecule has 1 saturated carbocycles. The van der Waals surface area contributed by atoms with Crippen molar-refractivity contribution in [2.24, 2.45) is 0 Å². The Hall–Kier alpha value is -1.62. The monoisotopic (exact) mass is 288 g/mol. The van der Waals surface area contributed by atoms with E-state index in [1.807, 2.05) is 17.1 Å². The van der Waals surface area contributed by atoms with E-state index in [1.54, 1.807) is 7.11 Å². The molecule has 0 spiro atoms. The Morgan fingerprint density at radius 1 is 1.33 bits per heavy atom. The van der Waals surface area contributed by atoms with Gasteiger partial charge >= 0.3 is 0 Å². The highest BCUT2D eigenvalue weighted by atomic mass is 16.5. The topological polar surface area (TPSA) is 52.0 Å². The smallest absolute Gasteiger partial charge is 0.158 e. The molecule has 3 rings (SSSR count). The molecule has 1 N–H and O–H groups in total. The summed E-state index contributed by atoms with van der Waals surface area (Å²) in [5.74, 6) is 0. The molecule has 1 fully saturated rings. The van der Waals surface area contributed by atoms with E-state index in [4.69, 9.17) is 4.74 Å². The number of anilines is 1. The molecule has 0 bridgehead atoms. The number of rotatable bonds is 4. The lowest BCUT2D eigenvalue weighted by atomic mass is 9.93. The molecule has 0 aromatic carbocycles. The van der Waals surface area contributed by atoms with Crippen molar-refractivity contribution in [3.63, 3.8) is 0 Å². The minimum atomic E-state index is 0.328. The van der Waals surface area contributed by atoms with Gasteiger partial charge in [0.25, 0.3) is 0 Å². The number of nitrogens with zero attached hydrogens (tertiary/aromatic N) is 3. The predicted octanol–water partition coefficient (Wildman–Crippen LogP) is 3.38. The highest BCUT2D eigenvalue weighted by molar-refractivity contribution is 5.78. The average Bonchev–Trinajstić information content (AvgIpc) is 2.90. The zero-order valence-corrected chi connectivity index (χ0v) is 13.0. The number of pyridine rings is 1. The molecule has 2 heterocycles. The molecule has 21 heavy (non-hydrogen) atoms. The number of hydrogen-bond acceptors (Lipinski definition) is 4. The van der Waals surface area contributed by atoms with Crippen molar-refractivity contribution in [1.29, 1.82) is 0 Å². The van der Waals surface area contributed by atoms with Gasteiger partial charge in [0.1, 0.15) is 0 Å². The lowest BCUT2D eigenvalue weighted by Gasteiger charge is -2.29. The third-order valence-electron chi connectivity index (χ3n) is 4.25.